The van der Waals surface area contributed by atoms with E-state index in [-0.39, 0.29) is 5.91 Å². The van der Waals surface area contributed by atoms with Gasteiger partial charge in [0.15, 0.2) is 15.9 Å². The molecule has 0 spiro atoms. The normalized spacial score (nSPS) is 11.2. The zero-order valence-electron chi connectivity index (χ0n) is 17.5. The van der Waals surface area contributed by atoms with Crippen molar-refractivity contribution in [2.45, 2.75) is 45.5 Å². The molecule has 154 valence electrons. The molecule has 4 aromatic rings. The van der Waals surface area contributed by atoms with E-state index in [0.29, 0.717) is 10.9 Å². The zero-order chi connectivity index (χ0) is 21.4. The minimum atomic E-state index is -0.0627. The third-order valence-corrected chi connectivity index (χ3v) is 6.64. The first-order chi connectivity index (χ1) is 14.3. The average Bonchev–Trinajstić information content (AvgIpc) is 3.30. The highest BCUT2D eigenvalue weighted by Crippen LogP contribution is 2.32. The maximum Gasteiger partial charge on any atom is 0.230 e. The number of hydrogen-bond acceptors (Lipinski definition) is 7. The number of amides is 1. The van der Waals surface area contributed by atoms with Crippen LogP contribution >= 0.6 is 23.1 Å². The van der Waals surface area contributed by atoms with Crippen molar-refractivity contribution in [2.24, 2.45) is 0 Å². The van der Waals surface area contributed by atoms with Gasteiger partial charge in [-0.05, 0) is 51.0 Å². The fourth-order valence-electron chi connectivity index (χ4n) is 3.19. The maximum atomic E-state index is 12.4. The summed E-state index contributed by atoms with van der Waals surface area (Å²) in [7, 11) is 0. The van der Waals surface area contributed by atoms with Crippen LogP contribution in [0, 0.1) is 27.7 Å². The maximum absolute atomic E-state index is 12.4. The van der Waals surface area contributed by atoms with Crippen LogP contribution < -0.4 is 4.90 Å². The Bertz CT molecular complexity index is 1250. The third kappa shape index (κ3) is 3.95. The minimum Gasteiger partial charge on any atom is -0.274 e. The summed E-state index contributed by atoms with van der Waals surface area (Å²) in [5, 5.41) is 12.0. The smallest absolute Gasteiger partial charge is 0.230 e. The molecule has 0 aliphatic heterocycles. The second-order valence-electron chi connectivity index (χ2n) is 7.15. The molecule has 0 fully saturated rings. The van der Waals surface area contributed by atoms with Gasteiger partial charge in [0.25, 0.3) is 0 Å². The lowest BCUT2D eigenvalue weighted by atomic mass is 10.1. The van der Waals surface area contributed by atoms with Gasteiger partial charge < -0.3 is 0 Å². The Balaban J connectivity index is 1.56. The Morgan fingerprint density at radius 3 is 2.63 bits per heavy atom. The first-order valence-corrected chi connectivity index (χ1v) is 11.3. The number of anilines is 2. The number of hydrogen-bond donors (Lipinski definition) is 0. The number of carbonyl (C=O) groups excluding carboxylic acids is 1. The van der Waals surface area contributed by atoms with Crippen molar-refractivity contribution in [3.63, 3.8) is 0 Å². The molecule has 9 heteroatoms. The Kier molecular flexibility index (Phi) is 5.57. The number of carbonyl (C=O) groups is 1. The van der Waals surface area contributed by atoms with Gasteiger partial charge in [-0.3, -0.25) is 14.1 Å². The van der Waals surface area contributed by atoms with Crippen LogP contribution in [0.1, 0.15) is 35.3 Å². The molecule has 7 nitrogen and oxygen atoms in total. The van der Waals surface area contributed by atoms with E-state index in [1.807, 2.05) is 54.8 Å². The van der Waals surface area contributed by atoms with Crippen LogP contribution in [0.2, 0.25) is 0 Å². The van der Waals surface area contributed by atoms with E-state index in [1.165, 1.54) is 16.9 Å². The predicted octanol–water partition coefficient (Wildman–Crippen LogP) is 4.79. The third-order valence-electron chi connectivity index (χ3n) is 4.80. The van der Waals surface area contributed by atoms with Gasteiger partial charge in [0.2, 0.25) is 5.91 Å². The van der Waals surface area contributed by atoms with Crippen molar-refractivity contribution in [3.05, 3.63) is 58.0 Å². The molecule has 0 bridgehead atoms. The number of thiazole rings is 1. The van der Waals surface area contributed by atoms with Crippen LogP contribution in [-0.2, 0) is 10.5 Å². The Morgan fingerprint density at radius 2 is 1.90 bits per heavy atom. The van der Waals surface area contributed by atoms with Crippen LogP contribution in [0.3, 0.4) is 0 Å². The highest BCUT2D eigenvalue weighted by Gasteiger charge is 2.19. The fraction of sp³-hybridized carbons (Fsp3) is 0.286. The molecule has 0 saturated carbocycles. The second-order valence-corrected chi connectivity index (χ2v) is 8.93. The molecule has 4 rings (SSSR count). The molecule has 30 heavy (non-hydrogen) atoms. The van der Waals surface area contributed by atoms with Crippen LogP contribution in [0.25, 0.3) is 5.65 Å². The molecule has 1 amide bonds. The van der Waals surface area contributed by atoms with E-state index < -0.39 is 0 Å². The molecule has 0 saturated heterocycles. The Labute approximate surface area is 183 Å². The van der Waals surface area contributed by atoms with Gasteiger partial charge in [0, 0.05) is 29.8 Å². The number of rotatable bonds is 5. The fourth-order valence-corrected chi connectivity index (χ4v) is 5.06. The molecular formula is C21H22N6OS2. The number of fused-ring (bicyclic) bond motifs is 1. The van der Waals surface area contributed by atoms with E-state index in [9.17, 15) is 4.79 Å². The van der Waals surface area contributed by atoms with Gasteiger partial charge in [-0.15, -0.1) is 21.5 Å². The largest absolute Gasteiger partial charge is 0.274 e. The number of aryl methyl sites for hydroxylation is 4. The average molecular weight is 439 g/mol. The van der Waals surface area contributed by atoms with Crippen LogP contribution in [0.15, 0.2) is 34.8 Å². The Morgan fingerprint density at radius 1 is 1.10 bits per heavy atom. The van der Waals surface area contributed by atoms with Crippen LogP contribution in [0.5, 0.6) is 0 Å². The summed E-state index contributed by atoms with van der Waals surface area (Å²) in [6.45, 7) is 9.56. The van der Waals surface area contributed by atoms with Gasteiger partial charge in [-0.2, -0.15) is 0 Å². The summed E-state index contributed by atoms with van der Waals surface area (Å²) in [6, 6.07) is 7.92. The van der Waals surface area contributed by atoms with E-state index >= 15 is 0 Å². The topological polar surface area (TPSA) is 76.3 Å². The molecule has 0 radical (unpaired) electrons. The van der Waals surface area contributed by atoms with Crippen LogP contribution in [-0.4, -0.2) is 30.5 Å². The first-order valence-electron chi connectivity index (χ1n) is 9.48. The Hall–Kier alpha value is -2.78. The standard InChI is InChI=1S/C21H22N6OS2/c1-12-6-7-18(8-13(12)2)27(16(5)28)20-23-17(10-29-20)11-30-21-25-24-19-9-14(3)22-15(4)26(19)21/h6-10H,11H2,1-5H3. The molecule has 1 aromatic carbocycles. The van der Waals surface area contributed by atoms with E-state index in [4.69, 9.17) is 4.98 Å². The molecular weight excluding hydrogens is 416 g/mol. The quantitative estimate of drug-likeness (QED) is 0.417. The van der Waals surface area contributed by atoms with Crippen molar-refractivity contribution in [2.75, 3.05) is 4.90 Å². The number of benzene rings is 1. The summed E-state index contributed by atoms with van der Waals surface area (Å²) >= 11 is 3.02. The van der Waals surface area contributed by atoms with Gasteiger partial charge >= 0.3 is 0 Å². The number of thioether (sulfide) groups is 1. The molecule has 3 heterocycles. The van der Waals surface area contributed by atoms with Crippen LogP contribution in [0.4, 0.5) is 10.8 Å². The molecule has 0 atom stereocenters. The van der Waals surface area contributed by atoms with E-state index in [0.717, 1.165) is 39.3 Å². The van der Waals surface area contributed by atoms with E-state index in [2.05, 4.69) is 22.1 Å². The monoisotopic (exact) mass is 438 g/mol. The van der Waals surface area contributed by atoms with Crippen molar-refractivity contribution in [1.82, 2.24) is 24.6 Å². The van der Waals surface area contributed by atoms with E-state index in [1.54, 1.807) is 23.6 Å². The summed E-state index contributed by atoms with van der Waals surface area (Å²) < 4.78 is 1.95. The zero-order valence-corrected chi connectivity index (χ0v) is 19.1. The molecule has 0 N–H and O–H groups in total. The van der Waals surface area contributed by atoms with Gasteiger partial charge in [0.05, 0.1) is 11.4 Å². The van der Waals surface area contributed by atoms with Gasteiger partial charge in [-0.1, -0.05) is 17.8 Å². The lowest BCUT2D eigenvalue weighted by Gasteiger charge is -2.19. The molecule has 0 aliphatic carbocycles. The highest BCUT2D eigenvalue weighted by molar-refractivity contribution is 7.98. The van der Waals surface area contributed by atoms with Crippen molar-refractivity contribution < 1.29 is 4.79 Å². The lowest BCUT2D eigenvalue weighted by molar-refractivity contribution is -0.115. The summed E-state index contributed by atoms with van der Waals surface area (Å²) in [4.78, 5) is 23.2. The molecule has 3 aromatic heterocycles. The SMILES string of the molecule is CC(=O)N(c1ccc(C)c(C)c1)c1nc(CSc2nnc3cc(C)nc(C)n23)cs1. The first kappa shape index (κ1) is 20.5. The summed E-state index contributed by atoms with van der Waals surface area (Å²) in [5.41, 5.74) is 5.77. The second kappa shape index (κ2) is 8.16. The summed E-state index contributed by atoms with van der Waals surface area (Å²) in [6.07, 6.45) is 0. The highest BCUT2D eigenvalue weighted by atomic mass is 32.2. The number of nitrogens with zero attached hydrogens (tertiary/aromatic N) is 6. The van der Waals surface area contributed by atoms with Crippen molar-refractivity contribution >= 4 is 45.5 Å². The summed E-state index contributed by atoms with van der Waals surface area (Å²) in [5.74, 6) is 1.42. The van der Waals surface area contributed by atoms with Gasteiger partial charge in [0.1, 0.15) is 5.82 Å². The predicted molar refractivity (Wildman–Crippen MR) is 121 cm³/mol. The lowest BCUT2D eigenvalue weighted by Crippen LogP contribution is -2.22. The van der Waals surface area contributed by atoms with Crippen molar-refractivity contribution in [1.29, 1.82) is 0 Å². The van der Waals surface area contributed by atoms with Gasteiger partial charge in [-0.25, -0.2) is 9.97 Å². The molecule has 0 unspecified atom stereocenters. The minimum absolute atomic E-state index is 0.0627. The molecule has 0 aliphatic rings. The number of aromatic nitrogens is 5. The van der Waals surface area contributed by atoms with Crippen molar-refractivity contribution in [3.8, 4) is 0 Å².